The number of nitrogens with zero attached hydrogens (tertiary/aromatic N) is 1. The second kappa shape index (κ2) is 13.4. The van der Waals surface area contributed by atoms with Gasteiger partial charge in [-0.3, -0.25) is 14.4 Å². The van der Waals surface area contributed by atoms with Gasteiger partial charge in [-0.25, -0.2) is 4.79 Å². The maximum absolute atomic E-state index is 13.4. The number of likely N-dealkylation sites (N-methyl/N-ethyl adjacent to an activating group) is 1. The predicted molar refractivity (Wildman–Crippen MR) is 132 cm³/mol. The van der Waals surface area contributed by atoms with Crippen molar-refractivity contribution in [2.24, 2.45) is 5.73 Å². The van der Waals surface area contributed by atoms with Crippen molar-refractivity contribution in [1.82, 2.24) is 15.5 Å². The molecule has 0 saturated heterocycles. The van der Waals surface area contributed by atoms with E-state index in [1.807, 2.05) is 6.07 Å². The topological polar surface area (TPSA) is 131 Å². The summed E-state index contributed by atoms with van der Waals surface area (Å²) in [5.74, 6) is -1.80. The number of carbonyl (C=O) groups excluding carboxylic acids is 4. The summed E-state index contributed by atoms with van der Waals surface area (Å²) in [6.45, 7) is 11.3. The molecule has 0 saturated carbocycles. The summed E-state index contributed by atoms with van der Waals surface area (Å²) in [6, 6.07) is 4.80. The van der Waals surface area contributed by atoms with Crippen molar-refractivity contribution in [3.8, 4) is 0 Å². The zero-order valence-corrected chi connectivity index (χ0v) is 20.8. The molecule has 0 radical (unpaired) electrons. The minimum Gasteiger partial charge on any atom is -0.444 e. The molecule has 1 rings (SSSR count). The number of nitrogens with one attached hydrogen (secondary N) is 2. The second-order valence-corrected chi connectivity index (χ2v) is 9.09. The van der Waals surface area contributed by atoms with Crippen LogP contribution in [0.1, 0.15) is 70.5 Å². The molecule has 0 aliphatic carbocycles. The van der Waals surface area contributed by atoms with E-state index < -0.39 is 42.0 Å². The van der Waals surface area contributed by atoms with E-state index in [0.717, 1.165) is 24.8 Å². The van der Waals surface area contributed by atoms with Crippen LogP contribution >= 0.6 is 0 Å². The maximum atomic E-state index is 13.4. The molecule has 1 aromatic carbocycles. The molecule has 2 atom stereocenters. The zero-order valence-electron chi connectivity index (χ0n) is 20.8. The molecular weight excluding hydrogens is 436 g/mol. The lowest BCUT2D eigenvalue weighted by atomic mass is 10.0. The fourth-order valence-corrected chi connectivity index (χ4v) is 3.31. The minimum absolute atomic E-state index is 0.372. The molecule has 0 fully saturated rings. The Morgan fingerprint density at radius 2 is 1.88 bits per heavy atom. The molecule has 0 aliphatic rings. The van der Waals surface area contributed by atoms with Gasteiger partial charge in [-0.2, -0.15) is 0 Å². The van der Waals surface area contributed by atoms with Gasteiger partial charge in [0.05, 0.1) is 6.42 Å². The molecule has 4 N–H and O–H groups in total. The van der Waals surface area contributed by atoms with Crippen LogP contribution in [-0.2, 0) is 19.1 Å². The highest BCUT2D eigenvalue weighted by atomic mass is 16.6. The minimum atomic E-state index is -1.30. The Balaban J connectivity index is 3.23. The number of rotatable bonds is 12. The number of hydrogen-bond donors (Lipinski definition) is 3. The molecule has 9 heteroatoms. The highest BCUT2D eigenvalue weighted by Gasteiger charge is 2.34. The van der Waals surface area contributed by atoms with Crippen molar-refractivity contribution in [2.45, 2.75) is 71.1 Å². The summed E-state index contributed by atoms with van der Waals surface area (Å²) in [5, 5.41) is 5.29. The number of unbranched alkanes of at least 4 members (excludes halogenated alkanes) is 2. The summed E-state index contributed by atoms with van der Waals surface area (Å²) in [5.41, 5.74) is 5.86. The maximum Gasteiger partial charge on any atom is 0.408 e. The molecule has 0 aromatic heterocycles. The Hall–Kier alpha value is -3.36. The fourth-order valence-electron chi connectivity index (χ4n) is 3.31. The molecule has 9 nitrogen and oxygen atoms in total. The van der Waals surface area contributed by atoms with Gasteiger partial charge in [-0.15, -0.1) is 0 Å². The van der Waals surface area contributed by atoms with E-state index >= 15 is 0 Å². The smallest absolute Gasteiger partial charge is 0.408 e. The van der Waals surface area contributed by atoms with E-state index in [2.05, 4.69) is 24.1 Å². The van der Waals surface area contributed by atoms with Crippen molar-refractivity contribution in [3.63, 3.8) is 0 Å². The quantitative estimate of drug-likeness (QED) is 0.401. The molecule has 0 spiro atoms. The third kappa shape index (κ3) is 9.64. The van der Waals surface area contributed by atoms with Gasteiger partial charge in [0.1, 0.15) is 17.7 Å². The molecular formula is C25H38N4O5. The van der Waals surface area contributed by atoms with Crippen LogP contribution < -0.4 is 16.4 Å². The lowest BCUT2D eigenvalue weighted by Crippen LogP contribution is -2.52. The Morgan fingerprint density at radius 1 is 1.21 bits per heavy atom. The Labute approximate surface area is 202 Å². The molecule has 188 valence electrons. The Kier molecular flexibility index (Phi) is 11.3. The summed E-state index contributed by atoms with van der Waals surface area (Å²) in [7, 11) is 1.45. The highest BCUT2D eigenvalue weighted by molar-refractivity contribution is 5.94. The standard InChI is InChI=1S/C25H38N4O5/c1-7-9-10-14-27-22(31)21(18-13-11-12-17(8-2)15-18)29(6)23(32)19(16-20(26)30)28-24(33)34-25(3,4)5/h8,11-13,15,19,21H,2,7,9-10,14,16H2,1,3-6H3,(H2,26,30)(H,27,31)(H,28,33). The van der Waals surface area contributed by atoms with Crippen LogP contribution in [-0.4, -0.2) is 54.0 Å². The van der Waals surface area contributed by atoms with Crippen molar-refractivity contribution < 1.29 is 23.9 Å². The number of alkyl carbamates (subject to hydrolysis) is 1. The summed E-state index contributed by atoms with van der Waals surface area (Å²) in [6.07, 6.45) is 3.11. The SMILES string of the molecule is C=Cc1cccc(C(C(=O)NCCCCC)N(C)C(=O)C(CC(N)=O)NC(=O)OC(C)(C)C)c1. The van der Waals surface area contributed by atoms with Crippen LogP contribution in [0.5, 0.6) is 0 Å². The van der Waals surface area contributed by atoms with Crippen LogP contribution in [0.4, 0.5) is 4.79 Å². The Bertz CT molecular complexity index is 878. The van der Waals surface area contributed by atoms with Crippen molar-refractivity contribution in [3.05, 3.63) is 42.0 Å². The number of primary amides is 1. The van der Waals surface area contributed by atoms with Crippen molar-refractivity contribution in [1.29, 1.82) is 0 Å². The second-order valence-electron chi connectivity index (χ2n) is 9.09. The van der Waals surface area contributed by atoms with Gasteiger partial charge in [0.2, 0.25) is 17.7 Å². The summed E-state index contributed by atoms with van der Waals surface area (Å²) < 4.78 is 5.22. The average Bonchev–Trinajstić information content (AvgIpc) is 2.74. The van der Waals surface area contributed by atoms with Gasteiger partial charge in [-0.05, 0) is 44.4 Å². The highest BCUT2D eigenvalue weighted by Crippen LogP contribution is 2.23. The third-order valence-electron chi connectivity index (χ3n) is 4.92. The molecule has 1 aromatic rings. The number of carbonyl (C=O) groups is 4. The molecule has 0 aliphatic heterocycles. The number of nitrogens with two attached hydrogens (primary N) is 1. The summed E-state index contributed by atoms with van der Waals surface area (Å²) >= 11 is 0. The van der Waals surface area contributed by atoms with Gasteiger partial charge >= 0.3 is 6.09 Å². The van der Waals surface area contributed by atoms with Gasteiger partial charge in [-0.1, -0.05) is 50.6 Å². The largest absolute Gasteiger partial charge is 0.444 e. The normalized spacial score (nSPS) is 12.7. The van der Waals surface area contributed by atoms with Gasteiger partial charge in [0.15, 0.2) is 0 Å². The van der Waals surface area contributed by atoms with E-state index in [0.29, 0.717) is 12.1 Å². The fraction of sp³-hybridized carbons (Fsp3) is 0.520. The lowest BCUT2D eigenvalue weighted by molar-refractivity contribution is -0.141. The zero-order chi connectivity index (χ0) is 25.9. The summed E-state index contributed by atoms with van der Waals surface area (Å²) in [4.78, 5) is 51.7. The monoisotopic (exact) mass is 474 g/mol. The van der Waals surface area contributed by atoms with Crippen LogP contribution in [0.25, 0.3) is 6.08 Å². The van der Waals surface area contributed by atoms with Crippen LogP contribution in [0, 0.1) is 0 Å². The molecule has 4 amide bonds. The number of benzene rings is 1. The van der Waals surface area contributed by atoms with Gasteiger partial charge < -0.3 is 26.0 Å². The lowest BCUT2D eigenvalue weighted by Gasteiger charge is -2.31. The van der Waals surface area contributed by atoms with E-state index in [1.165, 1.54) is 11.9 Å². The molecule has 0 heterocycles. The predicted octanol–water partition coefficient (Wildman–Crippen LogP) is 2.90. The van der Waals surface area contributed by atoms with Gasteiger partial charge in [0.25, 0.3) is 0 Å². The Morgan fingerprint density at radius 3 is 2.44 bits per heavy atom. The van der Waals surface area contributed by atoms with Crippen molar-refractivity contribution >= 4 is 29.9 Å². The average molecular weight is 475 g/mol. The molecule has 34 heavy (non-hydrogen) atoms. The van der Waals surface area contributed by atoms with E-state index in [-0.39, 0.29) is 5.91 Å². The first-order chi connectivity index (χ1) is 15.9. The van der Waals surface area contributed by atoms with Gasteiger partial charge in [0, 0.05) is 13.6 Å². The van der Waals surface area contributed by atoms with Crippen molar-refractivity contribution in [2.75, 3.05) is 13.6 Å². The van der Waals surface area contributed by atoms with E-state index in [1.54, 1.807) is 45.0 Å². The van der Waals surface area contributed by atoms with Crippen LogP contribution in [0.15, 0.2) is 30.8 Å². The number of ether oxygens (including phenoxy) is 1. The first kappa shape index (κ1) is 28.7. The van der Waals surface area contributed by atoms with Crippen LogP contribution in [0.3, 0.4) is 0 Å². The number of hydrogen-bond acceptors (Lipinski definition) is 5. The first-order valence-electron chi connectivity index (χ1n) is 11.4. The molecule has 0 bridgehead atoms. The molecule has 2 unspecified atom stereocenters. The first-order valence-corrected chi connectivity index (χ1v) is 11.4. The van der Waals surface area contributed by atoms with E-state index in [9.17, 15) is 19.2 Å². The van der Waals surface area contributed by atoms with Crippen LogP contribution in [0.2, 0.25) is 0 Å². The van der Waals surface area contributed by atoms with E-state index in [4.69, 9.17) is 10.5 Å². The number of amides is 4. The third-order valence-corrected chi connectivity index (χ3v) is 4.92.